The van der Waals surface area contributed by atoms with E-state index in [1.807, 2.05) is 109 Å². The summed E-state index contributed by atoms with van der Waals surface area (Å²) in [5, 5.41) is 0. The standard InChI is InChI=1S/C35H34N4O5/c1-41-20-21-42-24-33(43-19-18-38-25-36-29-14-5-7-16-31(29)38)27-12-9-13-28(22-27)34-37-30-15-6-8-17-32(30)39(34)35(40)44-23-26-10-3-2-4-11-26/h2-17,22,25,33H,18-21,23-24H2,1H3. The molecule has 0 bridgehead atoms. The van der Waals surface area contributed by atoms with Gasteiger partial charge in [0.15, 0.2) is 5.82 Å². The highest BCUT2D eigenvalue weighted by Crippen LogP contribution is 2.29. The topological polar surface area (TPSA) is 89.6 Å². The summed E-state index contributed by atoms with van der Waals surface area (Å²) in [6.45, 7) is 2.53. The van der Waals surface area contributed by atoms with Gasteiger partial charge in [-0.15, -0.1) is 0 Å². The molecule has 9 heteroatoms. The van der Waals surface area contributed by atoms with Gasteiger partial charge in [-0.3, -0.25) is 0 Å². The van der Waals surface area contributed by atoms with Crippen LogP contribution in [0.2, 0.25) is 0 Å². The fourth-order valence-electron chi connectivity index (χ4n) is 5.12. The average Bonchev–Trinajstić information content (AvgIpc) is 3.67. The lowest BCUT2D eigenvalue weighted by molar-refractivity contribution is -0.0306. The van der Waals surface area contributed by atoms with E-state index in [1.165, 1.54) is 4.57 Å². The van der Waals surface area contributed by atoms with E-state index in [4.69, 9.17) is 23.9 Å². The smallest absolute Gasteiger partial charge is 0.420 e. The first-order valence-corrected chi connectivity index (χ1v) is 14.6. The molecule has 0 spiro atoms. The van der Waals surface area contributed by atoms with Crippen molar-refractivity contribution in [1.82, 2.24) is 19.1 Å². The molecular formula is C35H34N4O5. The van der Waals surface area contributed by atoms with E-state index >= 15 is 0 Å². The molecule has 6 rings (SSSR count). The molecule has 0 saturated carbocycles. The Balaban J connectivity index is 1.25. The zero-order chi connectivity index (χ0) is 30.1. The monoisotopic (exact) mass is 590 g/mol. The van der Waals surface area contributed by atoms with E-state index in [9.17, 15) is 4.79 Å². The fourth-order valence-corrected chi connectivity index (χ4v) is 5.12. The molecule has 4 aromatic carbocycles. The van der Waals surface area contributed by atoms with Crippen LogP contribution in [0.3, 0.4) is 0 Å². The number of benzene rings is 4. The Bertz CT molecular complexity index is 1830. The first-order valence-electron chi connectivity index (χ1n) is 14.6. The molecule has 1 unspecified atom stereocenters. The van der Waals surface area contributed by atoms with Crippen molar-refractivity contribution in [2.45, 2.75) is 19.3 Å². The maximum Gasteiger partial charge on any atom is 0.420 e. The van der Waals surface area contributed by atoms with Gasteiger partial charge in [-0.05, 0) is 41.5 Å². The van der Waals surface area contributed by atoms with Crippen LogP contribution >= 0.6 is 0 Å². The second-order valence-electron chi connectivity index (χ2n) is 10.3. The van der Waals surface area contributed by atoms with E-state index < -0.39 is 6.09 Å². The van der Waals surface area contributed by atoms with Crippen molar-refractivity contribution in [3.05, 3.63) is 121 Å². The van der Waals surface area contributed by atoms with Gasteiger partial charge in [-0.1, -0.05) is 72.8 Å². The van der Waals surface area contributed by atoms with Gasteiger partial charge in [0.2, 0.25) is 0 Å². The number of imidazole rings is 2. The molecule has 224 valence electrons. The van der Waals surface area contributed by atoms with Crippen LogP contribution in [0.5, 0.6) is 0 Å². The molecule has 44 heavy (non-hydrogen) atoms. The van der Waals surface area contributed by atoms with Crippen molar-refractivity contribution in [3.8, 4) is 11.4 Å². The summed E-state index contributed by atoms with van der Waals surface area (Å²) in [4.78, 5) is 22.8. The Morgan fingerprint density at radius 2 is 1.59 bits per heavy atom. The predicted octanol–water partition coefficient (Wildman–Crippen LogP) is 6.66. The molecule has 0 aliphatic rings. The molecule has 0 aliphatic carbocycles. The Morgan fingerprint density at radius 1 is 0.818 bits per heavy atom. The third-order valence-electron chi connectivity index (χ3n) is 7.34. The van der Waals surface area contributed by atoms with Gasteiger partial charge in [-0.25, -0.2) is 19.3 Å². The van der Waals surface area contributed by atoms with Gasteiger partial charge in [0.05, 0.1) is 54.8 Å². The Labute approximate surface area is 255 Å². The number of nitrogens with zero attached hydrogens (tertiary/aromatic N) is 4. The lowest BCUT2D eigenvalue weighted by Gasteiger charge is -2.20. The number of carbonyl (C=O) groups excluding carboxylic acids is 1. The maximum atomic E-state index is 13.5. The van der Waals surface area contributed by atoms with Crippen LogP contribution in [0, 0.1) is 0 Å². The van der Waals surface area contributed by atoms with E-state index in [0.29, 0.717) is 49.8 Å². The van der Waals surface area contributed by atoms with Gasteiger partial charge in [0.1, 0.15) is 12.7 Å². The van der Waals surface area contributed by atoms with Crippen molar-refractivity contribution in [3.63, 3.8) is 0 Å². The summed E-state index contributed by atoms with van der Waals surface area (Å²) in [5.74, 6) is 0.495. The van der Waals surface area contributed by atoms with Gasteiger partial charge >= 0.3 is 6.09 Å². The molecule has 2 heterocycles. The number of fused-ring (bicyclic) bond motifs is 2. The van der Waals surface area contributed by atoms with Crippen LogP contribution < -0.4 is 0 Å². The third-order valence-corrected chi connectivity index (χ3v) is 7.34. The van der Waals surface area contributed by atoms with Crippen molar-refractivity contribution in [1.29, 1.82) is 0 Å². The summed E-state index contributed by atoms with van der Waals surface area (Å²) >= 11 is 0. The minimum atomic E-state index is -0.494. The zero-order valence-corrected chi connectivity index (χ0v) is 24.5. The number of methoxy groups -OCH3 is 1. The van der Waals surface area contributed by atoms with Crippen molar-refractivity contribution in [2.24, 2.45) is 0 Å². The molecule has 2 aromatic heterocycles. The summed E-state index contributed by atoms with van der Waals surface area (Å²) in [6, 6.07) is 33.1. The van der Waals surface area contributed by atoms with Crippen LogP contribution in [-0.4, -0.2) is 58.7 Å². The second-order valence-corrected chi connectivity index (χ2v) is 10.3. The third kappa shape index (κ3) is 6.70. The van der Waals surface area contributed by atoms with E-state index in [1.54, 1.807) is 7.11 Å². The molecule has 0 radical (unpaired) electrons. The first-order chi connectivity index (χ1) is 21.7. The van der Waals surface area contributed by atoms with Crippen molar-refractivity contribution < 1.29 is 23.7 Å². The van der Waals surface area contributed by atoms with Crippen molar-refractivity contribution in [2.75, 3.05) is 33.5 Å². The number of rotatable bonds is 13. The minimum absolute atomic E-state index is 0.159. The van der Waals surface area contributed by atoms with E-state index in [-0.39, 0.29) is 12.7 Å². The highest BCUT2D eigenvalue weighted by atomic mass is 16.6. The lowest BCUT2D eigenvalue weighted by Crippen LogP contribution is -2.17. The van der Waals surface area contributed by atoms with Crippen molar-refractivity contribution >= 4 is 28.2 Å². The molecule has 1 atom stereocenters. The number of ether oxygens (including phenoxy) is 4. The van der Waals surface area contributed by atoms with Gasteiger partial charge in [0, 0.05) is 19.2 Å². The molecule has 0 N–H and O–H groups in total. The largest absolute Gasteiger partial charge is 0.444 e. The van der Waals surface area contributed by atoms with Crippen LogP contribution in [0.25, 0.3) is 33.5 Å². The summed E-state index contributed by atoms with van der Waals surface area (Å²) in [6.07, 6.45) is 0.982. The molecule has 6 aromatic rings. The normalized spacial score (nSPS) is 12.1. The molecule has 0 amide bonds. The molecular weight excluding hydrogens is 556 g/mol. The molecule has 9 nitrogen and oxygen atoms in total. The highest BCUT2D eigenvalue weighted by molar-refractivity contribution is 5.92. The molecule has 0 aliphatic heterocycles. The summed E-state index contributed by atoms with van der Waals surface area (Å²) in [5.41, 5.74) is 5.97. The highest BCUT2D eigenvalue weighted by Gasteiger charge is 2.21. The Kier molecular flexibility index (Phi) is 9.37. The van der Waals surface area contributed by atoms with Crippen LogP contribution in [-0.2, 0) is 32.1 Å². The predicted molar refractivity (Wildman–Crippen MR) is 168 cm³/mol. The maximum absolute atomic E-state index is 13.5. The number of para-hydroxylation sites is 4. The second kappa shape index (κ2) is 14.1. The fraction of sp³-hybridized carbons (Fsp3) is 0.229. The number of carbonyl (C=O) groups is 1. The number of hydrogen-bond donors (Lipinski definition) is 0. The number of hydrogen-bond acceptors (Lipinski definition) is 7. The van der Waals surface area contributed by atoms with Gasteiger partial charge in [0.25, 0.3) is 0 Å². The summed E-state index contributed by atoms with van der Waals surface area (Å²) in [7, 11) is 1.65. The summed E-state index contributed by atoms with van der Waals surface area (Å²) < 4.78 is 26.8. The SMILES string of the molecule is COCCOCC(OCCn1cnc2ccccc21)c1cccc(-c2nc3ccccc3n2C(=O)OCc2ccccc2)c1. The lowest BCUT2D eigenvalue weighted by atomic mass is 10.1. The molecule has 0 saturated heterocycles. The average molecular weight is 591 g/mol. The quantitative estimate of drug-likeness (QED) is 0.139. The molecule has 0 fully saturated rings. The van der Waals surface area contributed by atoms with E-state index in [2.05, 4.69) is 9.55 Å². The zero-order valence-electron chi connectivity index (χ0n) is 24.5. The van der Waals surface area contributed by atoms with Gasteiger partial charge in [-0.2, -0.15) is 0 Å². The Hall–Kier alpha value is -4.83. The van der Waals surface area contributed by atoms with Crippen LogP contribution in [0.15, 0.2) is 109 Å². The Morgan fingerprint density at radius 3 is 2.43 bits per heavy atom. The number of aromatic nitrogens is 4. The minimum Gasteiger partial charge on any atom is -0.444 e. The first kappa shape index (κ1) is 29.3. The van der Waals surface area contributed by atoms with Crippen LogP contribution in [0.4, 0.5) is 4.79 Å². The van der Waals surface area contributed by atoms with Crippen LogP contribution in [0.1, 0.15) is 17.2 Å². The van der Waals surface area contributed by atoms with Gasteiger partial charge < -0.3 is 23.5 Å². The van der Waals surface area contributed by atoms with E-state index in [0.717, 1.165) is 27.7 Å².